The van der Waals surface area contributed by atoms with E-state index in [0.29, 0.717) is 12.8 Å². The van der Waals surface area contributed by atoms with Crippen LogP contribution in [-0.4, -0.2) is 33.6 Å². The van der Waals surface area contributed by atoms with Crippen molar-refractivity contribution in [1.29, 1.82) is 0 Å². The Morgan fingerprint density at radius 1 is 0.933 bits per heavy atom. The fourth-order valence-electron chi connectivity index (χ4n) is 1.82. The van der Waals surface area contributed by atoms with E-state index in [4.69, 9.17) is 5.14 Å². The van der Waals surface area contributed by atoms with Gasteiger partial charge in [-0.05, 0) is 12.8 Å². The van der Waals surface area contributed by atoms with Gasteiger partial charge in [-0.25, -0.2) is 22.0 Å². The molecule has 0 unspecified atom stereocenters. The third-order valence-electron chi connectivity index (χ3n) is 2.71. The highest BCUT2D eigenvalue weighted by Crippen LogP contribution is 2.24. The van der Waals surface area contributed by atoms with Crippen molar-refractivity contribution in [3.8, 4) is 0 Å². The van der Waals surface area contributed by atoms with Crippen molar-refractivity contribution in [2.45, 2.75) is 37.4 Å². The normalized spacial score (nSPS) is 20.3. The molecule has 90 valence electrons. The second kappa shape index (κ2) is 4.80. The Kier molecular flexibility index (Phi) is 4.13. The number of sulfone groups is 1. The first-order valence-corrected chi connectivity index (χ1v) is 8.46. The SMILES string of the molecule is NS(=O)(=O)CCS(=O)(=O)C1CCCCC1. The Bertz CT molecular complexity index is 392. The van der Waals surface area contributed by atoms with E-state index in [9.17, 15) is 16.8 Å². The average molecular weight is 255 g/mol. The molecule has 15 heavy (non-hydrogen) atoms. The number of hydrogen-bond acceptors (Lipinski definition) is 4. The van der Waals surface area contributed by atoms with E-state index in [0.717, 1.165) is 19.3 Å². The number of hydrogen-bond donors (Lipinski definition) is 1. The van der Waals surface area contributed by atoms with Crippen LogP contribution in [0.15, 0.2) is 0 Å². The third-order valence-corrected chi connectivity index (χ3v) is 6.00. The smallest absolute Gasteiger partial charge is 0.210 e. The Hall–Kier alpha value is -0.140. The average Bonchev–Trinajstić information content (AvgIpc) is 2.16. The lowest BCUT2D eigenvalue weighted by Crippen LogP contribution is -2.31. The number of nitrogens with two attached hydrogens (primary N) is 1. The molecule has 0 aromatic heterocycles. The predicted molar refractivity (Wildman–Crippen MR) is 58.6 cm³/mol. The molecule has 1 rings (SSSR count). The van der Waals surface area contributed by atoms with Crippen molar-refractivity contribution in [2.75, 3.05) is 11.5 Å². The van der Waals surface area contributed by atoms with Crippen LogP contribution in [-0.2, 0) is 19.9 Å². The molecule has 1 aliphatic carbocycles. The van der Waals surface area contributed by atoms with Crippen LogP contribution in [0.4, 0.5) is 0 Å². The first kappa shape index (κ1) is 12.9. The first-order chi connectivity index (χ1) is 6.81. The van der Waals surface area contributed by atoms with E-state index in [1.54, 1.807) is 0 Å². The van der Waals surface area contributed by atoms with Crippen LogP contribution in [0.5, 0.6) is 0 Å². The van der Waals surface area contributed by atoms with Crippen molar-refractivity contribution in [2.24, 2.45) is 5.14 Å². The third kappa shape index (κ3) is 4.48. The topological polar surface area (TPSA) is 94.3 Å². The van der Waals surface area contributed by atoms with Crippen LogP contribution < -0.4 is 5.14 Å². The van der Waals surface area contributed by atoms with Crippen LogP contribution in [0.25, 0.3) is 0 Å². The lowest BCUT2D eigenvalue weighted by Gasteiger charge is -2.21. The molecule has 0 amide bonds. The molecule has 1 aliphatic rings. The summed E-state index contributed by atoms with van der Waals surface area (Å²) < 4.78 is 44.8. The summed E-state index contributed by atoms with van der Waals surface area (Å²) >= 11 is 0. The summed E-state index contributed by atoms with van der Waals surface area (Å²) in [5.74, 6) is -0.803. The van der Waals surface area contributed by atoms with E-state index >= 15 is 0 Å². The van der Waals surface area contributed by atoms with Crippen LogP contribution in [0, 0.1) is 0 Å². The van der Waals surface area contributed by atoms with Crippen molar-refractivity contribution >= 4 is 19.9 Å². The standard InChI is InChI=1S/C8H17NO4S2/c9-15(12,13)7-6-14(10,11)8-4-2-1-3-5-8/h8H,1-7H2,(H2,9,12,13). The van der Waals surface area contributed by atoms with Crippen molar-refractivity contribution in [1.82, 2.24) is 0 Å². The molecular formula is C8H17NO4S2. The van der Waals surface area contributed by atoms with Gasteiger partial charge in [0.15, 0.2) is 9.84 Å². The second-order valence-electron chi connectivity index (χ2n) is 3.99. The van der Waals surface area contributed by atoms with Gasteiger partial charge in [-0.1, -0.05) is 19.3 Å². The minimum Gasteiger partial charge on any atom is -0.229 e. The number of primary sulfonamides is 1. The monoisotopic (exact) mass is 255 g/mol. The zero-order chi connectivity index (χ0) is 11.5. The minimum absolute atomic E-state index is 0.337. The van der Waals surface area contributed by atoms with Gasteiger partial charge in [0.1, 0.15) is 0 Å². The van der Waals surface area contributed by atoms with Crippen LogP contribution in [0.1, 0.15) is 32.1 Å². The van der Waals surface area contributed by atoms with Gasteiger partial charge in [-0.3, -0.25) is 0 Å². The van der Waals surface area contributed by atoms with Crippen LogP contribution >= 0.6 is 0 Å². The maximum absolute atomic E-state index is 11.7. The summed E-state index contributed by atoms with van der Waals surface area (Å²) in [6, 6.07) is 0. The summed E-state index contributed by atoms with van der Waals surface area (Å²) in [5.41, 5.74) is 0. The molecule has 0 bridgehead atoms. The molecule has 0 radical (unpaired) electrons. The first-order valence-electron chi connectivity index (χ1n) is 5.03. The van der Waals surface area contributed by atoms with Crippen molar-refractivity contribution < 1.29 is 16.8 Å². The largest absolute Gasteiger partial charge is 0.229 e. The van der Waals surface area contributed by atoms with E-state index in [1.165, 1.54) is 0 Å². The molecule has 1 saturated carbocycles. The Morgan fingerprint density at radius 3 is 1.93 bits per heavy atom. The molecule has 1 fully saturated rings. The Balaban J connectivity index is 2.58. The molecule has 0 heterocycles. The lowest BCUT2D eigenvalue weighted by atomic mass is 10.0. The molecule has 0 aliphatic heterocycles. The van der Waals surface area contributed by atoms with E-state index in [-0.39, 0.29) is 11.0 Å². The zero-order valence-corrected chi connectivity index (χ0v) is 10.2. The molecular weight excluding hydrogens is 238 g/mol. The second-order valence-corrected chi connectivity index (χ2v) is 8.13. The van der Waals surface area contributed by atoms with Gasteiger partial charge in [-0.2, -0.15) is 0 Å². The van der Waals surface area contributed by atoms with Gasteiger partial charge in [-0.15, -0.1) is 0 Å². The molecule has 0 saturated heterocycles. The van der Waals surface area contributed by atoms with Gasteiger partial charge in [0, 0.05) is 0 Å². The van der Waals surface area contributed by atoms with Crippen LogP contribution in [0.3, 0.4) is 0 Å². The number of sulfonamides is 1. The van der Waals surface area contributed by atoms with Gasteiger partial charge in [0.25, 0.3) is 0 Å². The van der Waals surface area contributed by atoms with Gasteiger partial charge in [0.2, 0.25) is 10.0 Å². The van der Waals surface area contributed by atoms with Crippen LogP contribution in [0.2, 0.25) is 0 Å². The predicted octanol–water partition coefficient (Wildman–Crippen LogP) is 0.0224. The summed E-state index contributed by atoms with van der Waals surface area (Å²) in [6.45, 7) is 0. The van der Waals surface area contributed by atoms with Gasteiger partial charge in [0.05, 0.1) is 16.8 Å². The summed E-state index contributed by atoms with van der Waals surface area (Å²) in [4.78, 5) is 0. The lowest BCUT2D eigenvalue weighted by molar-refractivity contribution is 0.484. The summed E-state index contributed by atoms with van der Waals surface area (Å²) in [7, 11) is -6.95. The maximum atomic E-state index is 11.7. The van der Waals surface area contributed by atoms with Crippen molar-refractivity contribution in [3.05, 3.63) is 0 Å². The van der Waals surface area contributed by atoms with E-state index in [2.05, 4.69) is 0 Å². The molecule has 7 heteroatoms. The maximum Gasteiger partial charge on any atom is 0.210 e. The van der Waals surface area contributed by atoms with E-state index < -0.39 is 25.6 Å². The molecule has 0 atom stereocenters. The summed E-state index contributed by atoms with van der Waals surface area (Å²) in [6.07, 6.45) is 4.22. The highest BCUT2D eigenvalue weighted by atomic mass is 32.2. The number of rotatable bonds is 4. The van der Waals surface area contributed by atoms with Gasteiger partial charge < -0.3 is 0 Å². The Morgan fingerprint density at radius 2 is 1.47 bits per heavy atom. The quantitative estimate of drug-likeness (QED) is 0.766. The fourth-order valence-corrected chi connectivity index (χ4v) is 5.07. The minimum atomic E-state index is -3.68. The fraction of sp³-hybridized carbons (Fsp3) is 1.00. The highest BCUT2D eigenvalue weighted by molar-refractivity contribution is 7.94. The molecule has 0 spiro atoms. The molecule has 5 nitrogen and oxygen atoms in total. The van der Waals surface area contributed by atoms with E-state index in [1.807, 2.05) is 0 Å². The zero-order valence-electron chi connectivity index (χ0n) is 8.55. The molecule has 0 aromatic rings. The highest BCUT2D eigenvalue weighted by Gasteiger charge is 2.27. The molecule has 0 aromatic carbocycles. The summed E-state index contributed by atoms with van der Waals surface area (Å²) in [5, 5.41) is 4.43. The molecule has 2 N–H and O–H groups in total. The van der Waals surface area contributed by atoms with Gasteiger partial charge >= 0.3 is 0 Å². The van der Waals surface area contributed by atoms with Crippen molar-refractivity contribution in [3.63, 3.8) is 0 Å². The Labute approximate surface area is 91.0 Å².